The number of carbonyl (C=O) groups excluding carboxylic acids is 1. The standard InChI is InChI=1S/C18H17N7O2S/c1-10-9-11(2)24(20-10)15-7-8-16(26)25(21-15)12(3)18(27)19-13-5-4-6-14-17(13)23-28-22-14/h4-9,12H,1-3H3,(H,19,27). The van der Waals surface area contributed by atoms with E-state index in [4.69, 9.17) is 0 Å². The van der Waals surface area contributed by atoms with E-state index in [0.717, 1.165) is 27.8 Å². The van der Waals surface area contributed by atoms with Crippen molar-refractivity contribution >= 4 is 34.4 Å². The number of nitrogens with one attached hydrogen (secondary N) is 1. The second kappa shape index (κ2) is 6.97. The summed E-state index contributed by atoms with van der Waals surface area (Å²) in [4.78, 5) is 25.1. The third-order valence-electron chi connectivity index (χ3n) is 4.33. The quantitative estimate of drug-likeness (QED) is 0.568. The van der Waals surface area contributed by atoms with E-state index < -0.39 is 6.04 Å². The van der Waals surface area contributed by atoms with Gasteiger partial charge in [0.15, 0.2) is 5.82 Å². The summed E-state index contributed by atoms with van der Waals surface area (Å²) >= 11 is 1.08. The molecular weight excluding hydrogens is 378 g/mol. The van der Waals surface area contributed by atoms with E-state index in [0.29, 0.717) is 22.5 Å². The third-order valence-corrected chi connectivity index (χ3v) is 4.87. The molecule has 0 aliphatic heterocycles. The predicted octanol–water partition coefficient (Wildman–Crippen LogP) is 2.25. The maximum absolute atomic E-state index is 12.8. The molecule has 1 atom stereocenters. The Bertz CT molecular complexity index is 1240. The van der Waals surface area contributed by atoms with Crippen LogP contribution in [0.5, 0.6) is 0 Å². The van der Waals surface area contributed by atoms with Crippen molar-refractivity contribution in [3.8, 4) is 5.82 Å². The molecule has 0 aliphatic carbocycles. The summed E-state index contributed by atoms with van der Waals surface area (Å²) in [6.07, 6.45) is 0. The van der Waals surface area contributed by atoms with Gasteiger partial charge in [0.25, 0.3) is 5.56 Å². The average Bonchev–Trinajstić information content (AvgIpc) is 3.28. The number of rotatable bonds is 4. The lowest BCUT2D eigenvalue weighted by molar-refractivity contribution is -0.119. The minimum Gasteiger partial charge on any atom is -0.322 e. The Balaban J connectivity index is 1.65. The van der Waals surface area contributed by atoms with Gasteiger partial charge in [-0.25, -0.2) is 9.36 Å². The van der Waals surface area contributed by atoms with Gasteiger partial charge in [0, 0.05) is 11.8 Å². The highest BCUT2D eigenvalue weighted by Crippen LogP contribution is 2.22. The van der Waals surface area contributed by atoms with Crippen LogP contribution >= 0.6 is 11.7 Å². The highest BCUT2D eigenvalue weighted by Gasteiger charge is 2.20. The van der Waals surface area contributed by atoms with Crippen LogP contribution < -0.4 is 10.9 Å². The zero-order valence-electron chi connectivity index (χ0n) is 15.4. The maximum atomic E-state index is 12.8. The van der Waals surface area contributed by atoms with Crippen LogP contribution in [0.1, 0.15) is 24.4 Å². The Morgan fingerprint density at radius 3 is 2.71 bits per heavy atom. The molecule has 0 bridgehead atoms. The van der Waals surface area contributed by atoms with E-state index in [1.54, 1.807) is 29.8 Å². The van der Waals surface area contributed by atoms with E-state index in [-0.39, 0.29) is 11.5 Å². The second-order valence-corrected chi connectivity index (χ2v) is 6.94. The fraction of sp³-hybridized carbons (Fsp3) is 0.222. The third kappa shape index (κ3) is 3.18. The number of hydrogen-bond donors (Lipinski definition) is 1. The molecule has 3 heterocycles. The van der Waals surface area contributed by atoms with Crippen LogP contribution in [-0.4, -0.2) is 34.2 Å². The first-order chi connectivity index (χ1) is 13.4. The minimum atomic E-state index is -0.828. The molecule has 9 nitrogen and oxygen atoms in total. The summed E-state index contributed by atoms with van der Waals surface area (Å²) in [7, 11) is 0. The summed E-state index contributed by atoms with van der Waals surface area (Å²) in [5, 5.41) is 11.5. The number of aryl methyl sites for hydroxylation is 2. The topological polar surface area (TPSA) is 108 Å². The first kappa shape index (κ1) is 18.0. The first-order valence-corrected chi connectivity index (χ1v) is 9.33. The molecule has 28 heavy (non-hydrogen) atoms. The van der Waals surface area contributed by atoms with Crippen molar-refractivity contribution in [2.45, 2.75) is 26.8 Å². The Hall–Kier alpha value is -3.40. The van der Waals surface area contributed by atoms with Gasteiger partial charge in [0.1, 0.15) is 17.1 Å². The molecule has 1 unspecified atom stereocenters. The minimum absolute atomic E-state index is 0.374. The van der Waals surface area contributed by atoms with Crippen molar-refractivity contribution < 1.29 is 4.79 Å². The van der Waals surface area contributed by atoms with E-state index in [9.17, 15) is 9.59 Å². The number of carbonyl (C=O) groups is 1. The molecule has 1 N–H and O–H groups in total. The molecule has 0 saturated heterocycles. The molecule has 0 saturated carbocycles. The maximum Gasteiger partial charge on any atom is 0.267 e. The number of aromatic nitrogens is 6. The molecule has 1 amide bonds. The molecule has 0 aliphatic rings. The van der Waals surface area contributed by atoms with Crippen molar-refractivity contribution in [3.05, 3.63) is 58.1 Å². The number of fused-ring (bicyclic) bond motifs is 1. The molecule has 1 aromatic carbocycles. The van der Waals surface area contributed by atoms with Crippen LogP contribution in [0.15, 0.2) is 41.2 Å². The summed E-state index contributed by atoms with van der Waals surface area (Å²) in [6, 6.07) is 9.41. The van der Waals surface area contributed by atoms with Gasteiger partial charge >= 0.3 is 0 Å². The lowest BCUT2D eigenvalue weighted by atomic mass is 10.2. The number of amides is 1. The summed E-state index contributed by atoms with van der Waals surface area (Å²) in [5.74, 6) is 0.0938. The van der Waals surface area contributed by atoms with Crippen molar-refractivity contribution in [1.82, 2.24) is 28.3 Å². The molecule has 0 spiro atoms. The normalized spacial score (nSPS) is 12.2. The largest absolute Gasteiger partial charge is 0.322 e. The first-order valence-electron chi connectivity index (χ1n) is 8.59. The molecule has 0 radical (unpaired) electrons. The fourth-order valence-corrected chi connectivity index (χ4v) is 3.47. The molecular formula is C18H17N7O2S. The molecule has 4 aromatic rings. The fourth-order valence-electron chi connectivity index (χ4n) is 2.92. The van der Waals surface area contributed by atoms with E-state index >= 15 is 0 Å². The second-order valence-electron chi connectivity index (χ2n) is 6.42. The molecule has 4 rings (SSSR count). The van der Waals surface area contributed by atoms with Crippen molar-refractivity contribution in [2.24, 2.45) is 0 Å². The van der Waals surface area contributed by atoms with Gasteiger partial charge < -0.3 is 5.32 Å². The van der Waals surface area contributed by atoms with Gasteiger partial charge in [-0.3, -0.25) is 9.59 Å². The molecule has 0 fully saturated rings. The van der Waals surface area contributed by atoms with Crippen molar-refractivity contribution in [2.75, 3.05) is 5.32 Å². The Morgan fingerprint density at radius 2 is 1.96 bits per heavy atom. The van der Waals surface area contributed by atoms with Crippen LogP contribution in [0.3, 0.4) is 0 Å². The highest BCUT2D eigenvalue weighted by atomic mass is 32.1. The van der Waals surface area contributed by atoms with Gasteiger partial charge in [-0.15, -0.1) is 5.10 Å². The number of anilines is 1. The van der Waals surface area contributed by atoms with Crippen molar-refractivity contribution in [3.63, 3.8) is 0 Å². The van der Waals surface area contributed by atoms with Gasteiger partial charge in [-0.2, -0.15) is 13.8 Å². The van der Waals surface area contributed by atoms with E-state index in [2.05, 4.69) is 24.3 Å². The monoisotopic (exact) mass is 395 g/mol. The number of hydrogen-bond acceptors (Lipinski definition) is 7. The zero-order chi connectivity index (χ0) is 19.8. The Morgan fingerprint density at radius 1 is 1.14 bits per heavy atom. The Labute approximate surface area is 164 Å². The molecule has 3 aromatic heterocycles. The van der Waals surface area contributed by atoms with E-state index in [1.807, 2.05) is 26.0 Å². The van der Waals surface area contributed by atoms with Gasteiger partial charge in [-0.1, -0.05) is 6.07 Å². The molecule has 10 heteroatoms. The summed E-state index contributed by atoms with van der Waals surface area (Å²) in [5.41, 5.74) is 3.22. The zero-order valence-corrected chi connectivity index (χ0v) is 16.3. The average molecular weight is 395 g/mol. The summed E-state index contributed by atoms with van der Waals surface area (Å²) in [6.45, 7) is 5.40. The Kier molecular flexibility index (Phi) is 4.47. The summed E-state index contributed by atoms with van der Waals surface area (Å²) < 4.78 is 11.2. The smallest absolute Gasteiger partial charge is 0.267 e. The van der Waals surface area contributed by atoms with Crippen LogP contribution in [0.25, 0.3) is 16.9 Å². The van der Waals surface area contributed by atoms with Crippen molar-refractivity contribution in [1.29, 1.82) is 0 Å². The van der Waals surface area contributed by atoms with Crippen LogP contribution in [0, 0.1) is 13.8 Å². The lowest BCUT2D eigenvalue weighted by Crippen LogP contribution is -2.33. The molecule has 142 valence electrons. The van der Waals surface area contributed by atoms with Gasteiger partial charge in [0.05, 0.1) is 23.1 Å². The van der Waals surface area contributed by atoms with Crippen LogP contribution in [-0.2, 0) is 4.79 Å². The van der Waals surface area contributed by atoms with Crippen LogP contribution in [0.4, 0.5) is 5.69 Å². The lowest BCUT2D eigenvalue weighted by Gasteiger charge is -2.15. The van der Waals surface area contributed by atoms with Gasteiger partial charge in [0.2, 0.25) is 5.91 Å². The van der Waals surface area contributed by atoms with Crippen LogP contribution in [0.2, 0.25) is 0 Å². The number of nitrogens with zero attached hydrogens (tertiary/aromatic N) is 6. The highest BCUT2D eigenvalue weighted by molar-refractivity contribution is 7.00. The number of benzene rings is 1. The van der Waals surface area contributed by atoms with Gasteiger partial charge in [-0.05, 0) is 45.0 Å². The van der Waals surface area contributed by atoms with E-state index in [1.165, 1.54) is 6.07 Å². The SMILES string of the molecule is Cc1cc(C)n(-c2ccc(=O)n(C(C)C(=O)Nc3cccc4nsnc34)n2)n1. The predicted molar refractivity (Wildman–Crippen MR) is 106 cm³/mol.